The summed E-state index contributed by atoms with van der Waals surface area (Å²) >= 11 is 0. The number of aromatic nitrogens is 2. The van der Waals surface area contributed by atoms with Gasteiger partial charge in [0.2, 0.25) is 0 Å². The van der Waals surface area contributed by atoms with Crippen LogP contribution in [0.5, 0.6) is 0 Å². The SMILES string of the molecule is CNc1cnc2[nH]ccc2c1C1=NC(C(C)(C)S(C)(=O)=O)=COC[C@@H]2COC[C@@H](C)CCCCCCCCCCCCCCCCCCCCCCCCCCCCCCCCCCCCN2C=N1. The largest absolute Gasteiger partial charge is 0.497 e. The quantitative estimate of drug-likeness (QED) is 0.313. The predicted molar refractivity (Wildman–Crippen MR) is 296 cm³/mol. The number of rotatable bonds is 4. The van der Waals surface area contributed by atoms with Crippen LogP contribution >= 0.6 is 0 Å². The Morgan fingerprint density at radius 1 is 0.652 bits per heavy atom. The Morgan fingerprint density at radius 2 is 1.10 bits per heavy atom. The average Bonchev–Trinajstić information content (AvgIpc) is 3.82. The van der Waals surface area contributed by atoms with Crippen LogP contribution in [0.3, 0.4) is 0 Å². The standard InChI is InChI=1S/C58H102N6O4S/c1-50-40-38-36-34-32-30-28-26-24-22-20-18-16-14-12-10-8-6-7-9-11-13-15-17-19-21-23-25-27-29-31-33-35-37-39-43-64-49-62-57(55-52-41-42-60-56(52)61-44-53(55)59-4)63-54(58(2,3)69(5,65)66)48-68-47-51(64)46-67-45-50/h41-42,44,48-51,59H,6-40,43,45-47H2,1-5H3,(H,60,61)/t50-,51-/m0/s1. The molecule has 2 atom stereocenters. The van der Waals surface area contributed by atoms with Crippen LogP contribution in [0, 0.1) is 5.92 Å². The molecule has 2 aromatic rings. The van der Waals surface area contributed by atoms with Crippen LogP contribution < -0.4 is 5.32 Å². The van der Waals surface area contributed by atoms with E-state index in [-0.39, 0.29) is 6.04 Å². The highest BCUT2D eigenvalue weighted by molar-refractivity contribution is 7.92. The summed E-state index contributed by atoms with van der Waals surface area (Å²) in [5, 5.41) is 4.12. The van der Waals surface area contributed by atoms with Crippen LogP contribution in [0.15, 0.2) is 40.4 Å². The first-order valence-corrected chi connectivity index (χ1v) is 30.6. The van der Waals surface area contributed by atoms with Crippen molar-refractivity contribution in [1.29, 1.82) is 0 Å². The van der Waals surface area contributed by atoms with Crippen LogP contribution in [0.1, 0.15) is 251 Å². The lowest BCUT2D eigenvalue weighted by Gasteiger charge is -2.31. The lowest BCUT2D eigenvalue weighted by atomic mass is 10.0. The average molecular weight is 980 g/mol. The number of anilines is 1. The summed E-state index contributed by atoms with van der Waals surface area (Å²) in [6.07, 6.45) is 56.4. The molecule has 2 aliphatic heterocycles. The molecular formula is C58H102N6O4S. The molecule has 2 aliphatic rings. The van der Waals surface area contributed by atoms with Crippen LogP contribution in [0.25, 0.3) is 11.0 Å². The topological polar surface area (TPSA) is 121 Å². The van der Waals surface area contributed by atoms with E-state index in [0.717, 1.165) is 36.0 Å². The molecule has 0 amide bonds. The summed E-state index contributed by atoms with van der Waals surface area (Å²) < 4.78 is 38.1. The Hall–Kier alpha value is -2.92. The van der Waals surface area contributed by atoms with Crippen LogP contribution in [0.4, 0.5) is 5.69 Å². The van der Waals surface area contributed by atoms with E-state index >= 15 is 0 Å². The molecule has 0 bridgehead atoms. The van der Waals surface area contributed by atoms with Crippen LogP contribution in [-0.4, -0.2) is 85.9 Å². The van der Waals surface area contributed by atoms with Crippen molar-refractivity contribution in [2.75, 3.05) is 45.0 Å². The lowest BCUT2D eigenvalue weighted by molar-refractivity contribution is 0.0379. The molecule has 10 nitrogen and oxygen atoms in total. The maximum Gasteiger partial charge on any atom is 0.164 e. The third-order valence-electron chi connectivity index (χ3n) is 15.2. The second kappa shape index (κ2) is 35.2. The molecular weight excluding hydrogens is 877 g/mol. The van der Waals surface area contributed by atoms with Gasteiger partial charge in [-0.3, -0.25) is 0 Å². The van der Waals surface area contributed by atoms with Crippen molar-refractivity contribution in [2.24, 2.45) is 15.9 Å². The zero-order valence-corrected chi connectivity index (χ0v) is 45.8. The summed E-state index contributed by atoms with van der Waals surface area (Å²) in [5.74, 6) is 0.865. The van der Waals surface area contributed by atoms with Gasteiger partial charge in [0.25, 0.3) is 0 Å². The first kappa shape index (κ1) is 58.6. The van der Waals surface area contributed by atoms with Crippen molar-refractivity contribution in [2.45, 2.75) is 256 Å². The molecule has 4 heterocycles. The molecule has 1 saturated heterocycles. The number of nitrogens with one attached hydrogen (secondary N) is 2. The van der Waals surface area contributed by atoms with E-state index in [1.807, 2.05) is 25.6 Å². The van der Waals surface area contributed by atoms with Gasteiger partial charge in [-0.05, 0) is 38.7 Å². The summed E-state index contributed by atoms with van der Waals surface area (Å²) in [5.41, 5.74) is 2.49. The molecule has 2 N–H and O–H groups in total. The molecule has 1 fully saturated rings. The molecule has 11 heteroatoms. The summed E-state index contributed by atoms with van der Waals surface area (Å²) in [6, 6.07) is 1.84. The second-order valence-electron chi connectivity index (χ2n) is 21.7. The van der Waals surface area contributed by atoms with E-state index in [9.17, 15) is 8.42 Å². The first-order chi connectivity index (χ1) is 33.6. The fourth-order valence-electron chi connectivity index (χ4n) is 10.1. The van der Waals surface area contributed by atoms with Gasteiger partial charge < -0.3 is 24.7 Å². The Bertz CT molecular complexity index is 1840. The number of hydrogen-bond acceptors (Lipinski definition) is 9. The lowest BCUT2D eigenvalue weighted by Crippen LogP contribution is -2.42. The van der Waals surface area contributed by atoms with E-state index in [0.29, 0.717) is 42.9 Å². The smallest absolute Gasteiger partial charge is 0.164 e. The molecule has 2 aromatic heterocycles. The van der Waals surface area contributed by atoms with Crippen molar-refractivity contribution in [1.82, 2.24) is 14.9 Å². The minimum atomic E-state index is -3.59. The summed E-state index contributed by atoms with van der Waals surface area (Å²) in [7, 11) is -1.73. The van der Waals surface area contributed by atoms with Gasteiger partial charge in [0.1, 0.15) is 23.3 Å². The maximum absolute atomic E-state index is 13.3. The first-order valence-electron chi connectivity index (χ1n) is 28.7. The molecule has 69 heavy (non-hydrogen) atoms. The fraction of sp³-hybridized carbons (Fsp3) is 0.810. The summed E-state index contributed by atoms with van der Waals surface area (Å²) in [6.45, 7) is 7.99. The van der Waals surface area contributed by atoms with E-state index in [1.54, 1.807) is 20.0 Å². The van der Waals surface area contributed by atoms with E-state index in [1.165, 1.54) is 224 Å². The van der Waals surface area contributed by atoms with Gasteiger partial charge >= 0.3 is 0 Å². The van der Waals surface area contributed by atoms with Gasteiger partial charge in [0.05, 0.1) is 42.1 Å². The highest BCUT2D eigenvalue weighted by Gasteiger charge is 2.36. The van der Waals surface area contributed by atoms with E-state index in [4.69, 9.17) is 19.5 Å². The van der Waals surface area contributed by atoms with Crippen LogP contribution in [0.2, 0.25) is 0 Å². The normalized spacial score (nSPS) is 23.2. The Morgan fingerprint density at radius 3 is 1.55 bits per heavy atom. The third-order valence-corrected chi connectivity index (χ3v) is 17.3. The van der Waals surface area contributed by atoms with Gasteiger partial charge in [-0.2, -0.15) is 0 Å². The number of hydrogen-bond donors (Lipinski definition) is 2. The van der Waals surface area contributed by atoms with Crippen molar-refractivity contribution in [3.05, 3.63) is 36.0 Å². The minimum Gasteiger partial charge on any atom is -0.497 e. The number of fused-ring (bicyclic) bond motifs is 2. The van der Waals surface area contributed by atoms with Crippen LogP contribution in [-0.2, 0) is 19.3 Å². The highest BCUT2D eigenvalue weighted by atomic mass is 32.2. The second-order valence-corrected chi connectivity index (χ2v) is 24.2. The summed E-state index contributed by atoms with van der Waals surface area (Å²) in [4.78, 5) is 20.3. The number of sulfone groups is 1. The molecule has 0 saturated carbocycles. The van der Waals surface area contributed by atoms with E-state index in [2.05, 4.69) is 27.1 Å². The Kier molecular flexibility index (Phi) is 30.0. The van der Waals surface area contributed by atoms with Gasteiger partial charge in [-0.15, -0.1) is 0 Å². The number of ether oxygens (including phenoxy) is 2. The van der Waals surface area contributed by atoms with Crippen molar-refractivity contribution >= 4 is 38.7 Å². The fourth-order valence-corrected chi connectivity index (χ4v) is 10.5. The Balaban J connectivity index is 1.37. The number of nitrogens with zero attached hydrogens (tertiary/aromatic N) is 4. The highest BCUT2D eigenvalue weighted by Crippen LogP contribution is 2.31. The maximum atomic E-state index is 13.3. The van der Waals surface area contributed by atoms with Crippen molar-refractivity contribution in [3.8, 4) is 0 Å². The molecule has 4 rings (SSSR count). The van der Waals surface area contributed by atoms with Gasteiger partial charge in [0, 0.05) is 38.0 Å². The van der Waals surface area contributed by atoms with Gasteiger partial charge in [-0.25, -0.2) is 23.4 Å². The number of aromatic amines is 1. The molecule has 0 aromatic carbocycles. The molecule has 394 valence electrons. The monoisotopic (exact) mass is 979 g/mol. The van der Waals surface area contributed by atoms with E-state index < -0.39 is 14.6 Å². The number of pyridine rings is 1. The molecule has 0 spiro atoms. The van der Waals surface area contributed by atoms with Crippen molar-refractivity contribution in [3.63, 3.8) is 0 Å². The molecule has 0 radical (unpaired) electrons. The van der Waals surface area contributed by atoms with Gasteiger partial charge in [-0.1, -0.05) is 219 Å². The molecule has 0 aliphatic carbocycles. The third kappa shape index (κ3) is 23.5. The number of H-pyrrole nitrogens is 1. The minimum absolute atomic E-state index is 0.123. The van der Waals surface area contributed by atoms with Gasteiger partial charge in [0.15, 0.2) is 15.7 Å². The zero-order chi connectivity index (χ0) is 49.3. The number of amidine groups is 1. The zero-order valence-electron chi connectivity index (χ0n) is 44.9. The number of aliphatic imine (C=N–C) groups is 2. The molecule has 0 unspecified atom stereocenters. The predicted octanol–water partition coefficient (Wildman–Crippen LogP) is 16.1. The Labute approximate surface area is 422 Å². The van der Waals surface area contributed by atoms with Crippen molar-refractivity contribution < 1.29 is 17.9 Å².